The van der Waals surface area contributed by atoms with Gasteiger partial charge in [0, 0.05) is 32.8 Å². The molecule has 0 saturated heterocycles. The molecule has 1 aliphatic heterocycles. The maximum absolute atomic E-state index is 12.0. The highest BCUT2D eigenvalue weighted by atomic mass is 16.7. The number of aliphatic imine (C=N–C) groups is 1. The molecule has 1 aromatic heterocycles. The van der Waals surface area contributed by atoms with Crippen LogP contribution in [0.1, 0.15) is 17.5 Å². The molecule has 1 aliphatic rings. The van der Waals surface area contributed by atoms with Crippen LogP contribution in [0.3, 0.4) is 0 Å². The molecule has 8 nitrogen and oxygen atoms in total. The van der Waals surface area contributed by atoms with E-state index in [1.165, 1.54) is 0 Å². The van der Waals surface area contributed by atoms with Crippen LogP contribution in [-0.2, 0) is 11.2 Å². The molecule has 0 fully saturated rings. The van der Waals surface area contributed by atoms with Gasteiger partial charge in [0.1, 0.15) is 5.82 Å². The molecule has 148 valence electrons. The number of hydrogen-bond donors (Lipinski definition) is 3. The maximum Gasteiger partial charge on any atom is 0.231 e. The largest absolute Gasteiger partial charge is 0.454 e. The lowest BCUT2D eigenvalue weighted by atomic mass is 10.1. The zero-order valence-corrected chi connectivity index (χ0v) is 16.1. The fourth-order valence-electron chi connectivity index (χ4n) is 2.68. The predicted octanol–water partition coefficient (Wildman–Crippen LogP) is 1.86. The number of hydrogen-bond acceptors (Lipinski definition) is 5. The van der Waals surface area contributed by atoms with Crippen LogP contribution in [0.15, 0.2) is 41.5 Å². The molecule has 3 rings (SSSR count). The van der Waals surface area contributed by atoms with Gasteiger partial charge in [0.15, 0.2) is 17.5 Å². The van der Waals surface area contributed by atoms with Crippen LogP contribution in [0.2, 0.25) is 0 Å². The fourth-order valence-corrected chi connectivity index (χ4v) is 2.68. The SMILES string of the molecule is CN=C(NCCC(=O)Nc1ccc(C)cn1)NCCc1ccc2c(c1)OCO2. The first-order chi connectivity index (χ1) is 13.6. The summed E-state index contributed by atoms with van der Waals surface area (Å²) in [5.41, 5.74) is 2.20. The number of ether oxygens (including phenoxy) is 2. The minimum atomic E-state index is -0.0975. The Morgan fingerprint density at radius 1 is 1.14 bits per heavy atom. The summed E-state index contributed by atoms with van der Waals surface area (Å²) in [6, 6.07) is 9.63. The van der Waals surface area contributed by atoms with Crippen molar-refractivity contribution >= 4 is 17.7 Å². The van der Waals surface area contributed by atoms with Crippen molar-refractivity contribution in [1.29, 1.82) is 0 Å². The zero-order chi connectivity index (χ0) is 19.8. The normalized spacial score (nSPS) is 12.6. The van der Waals surface area contributed by atoms with Crippen LogP contribution in [0.5, 0.6) is 11.5 Å². The first kappa shape index (κ1) is 19.5. The number of carbonyl (C=O) groups is 1. The van der Waals surface area contributed by atoms with Gasteiger partial charge in [-0.25, -0.2) is 4.98 Å². The number of benzene rings is 1. The van der Waals surface area contributed by atoms with E-state index in [0.717, 1.165) is 29.0 Å². The van der Waals surface area contributed by atoms with Gasteiger partial charge in [-0.05, 0) is 42.7 Å². The molecule has 0 aliphatic carbocycles. The Morgan fingerprint density at radius 2 is 1.96 bits per heavy atom. The van der Waals surface area contributed by atoms with E-state index in [1.54, 1.807) is 19.3 Å². The summed E-state index contributed by atoms with van der Waals surface area (Å²) < 4.78 is 10.7. The number of pyridine rings is 1. The van der Waals surface area contributed by atoms with Crippen molar-refractivity contribution < 1.29 is 14.3 Å². The third kappa shape index (κ3) is 5.60. The van der Waals surface area contributed by atoms with Gasteiger partial charge >= 0.3 is 0 Å². The molecule has 2 aromatic rings. The van der Waals surface area contributed by atoms with E-state index < -0.39 is 0 Å². The molecule has 1 amide bonds. The lowest BCUT2D eigenvalue weighted by molar-refractivity contribution is -0.116. The fraction of sp³-hybridized carbons (Fsp3) is 0.350. The Labute approximate surface area is 164 Å². The van der Waals surface area contributed by atoms with Crippen molar-refractivity contribution in [2.24, 2.45) is 4.99 Å². The number of nitrogens with zero attached hydrogens (tertiary/aromatic N) is 2. The van der Waals surface area contributed by atoms with Gasteiger partial charge in [-0.3, -0.25) is 9.79 Å². The summed E-state index contributed by atoms with van der Waals surface area (Å²) in [6.07, 6.45) is 2.86. The second kappa shape index (κ2) is 9.59. The summed E-state index contributed by atoms with van der Waals surface area (Å²) in [4.78, 5) is 20.3. The van der Waals surface area contributed by atoms with Crippen LogP contribution in [0, 0.1) is 6.92 Å². The van der Waals surface area contributed by atoms with E-state index in [1.807, 2.05) is 31.2 Å². The van der Waals surface area contributed by atoms with Gasteiger partial charge in [-0.1, -0.05) is 12.1 Å². The predicted molar refractivity (Wildman–Crippen MR) is 108 cm³/mol. The van der Waals surface area contributed by atoms with Gasteiger partial charge in [0.25, 0.3) is 0 Å². The Morgan fingerprint density at radius 3 is 2.75 bits per heavy atom. The Kier molecular flexibility index (Phi) is 6.67. The molecule has 0 unspecified atom stereocenters. The van der Waals surface area contributed by atoms with Gasteiger partial charge in [-0.2, -0.15) is 0 Å². The number of rotatable bonds is 7. The van der Waals surface area contributed by atoms with Crippen LogP contribution in [-0.4, -0.2) is 43.8 Å². The highest BCUT2D eigenvalue weighted by Gasteiger charge is 2.13. The standard InChI is InChI=1S/C20H25N5O3/c1-14-3-6-18(24-12-14)25-19(26)8-10-23-20(21-2)22-9-7-15-4-5-16-17(11-15)28-13-27-16/h3-6,11-12H,7-10,13H2,1-2H3,(H2,21,22,23)(H,24,25,26). The Balaban J connectivity index is 1.35. The molecule has 28 heavy (non-hydrogen) atoms. The topological polar surface area (TPSA) is 96.9 Å². The van der Waals surface area contributed by atoms with Crippen LogP contribution in [0.25, 0.3) is 0 Å². The zero-order valence-electron chi connectivity index (χ0n) is 16.1. The van der Waals surface area contributed by atoms with E-state index in [-0.39, 0.29) is 12.7 Å². The van der Waals surface area contributed by atoms with E-state index in [0.29, 0.717) is 31.3 Å². The van der Waals surface area contributed by atoms with Crippen molar-refractivity contribution in [3.8, 4) is 11.5 Å². The van der Waals surface area contributed by atoms with Crippen molar-refractivity contribution in [3.05, 3.63) is 47.7 Å². The highest BCUT2D eigenvalue weighted by Crippen LogP contribution is 2.32. The quantitative estimate of drug-likeness (QED) is 0.499. The molecule has 0 spiro atoms. The molecule has 3 N–H and O–H groups in total. The Bertz CT molecular complexity index is 836. The summed E-state index contributed by atoms with van der Waals surface area (Å²) in [7, 11) is 1.70. The van der Waals surface area contributed by atoms with E-state index in [9.17, 15) is 4.79 Å². The molecule has 0 bridgehead atoms. The highest BCUT2D eigenvalue weighted by molar-refractivity contribution is 5.90. The second-order valence-corrected chi connectivity index (χ2v) is 6.38. The van der Waals surface area contributed by atoms with Crippen LogP contribution < -0.4 is 25.4 Å². The molecule has 8 heteroatoms. The van der Waals surface area contributed by atoms with Gasteiger partial charge in [0.2, 0.25) is 12.7 Å². The molecule has 2 heterocycles. The van der Waals surface area contributed by atoms with Gasteiger partial charge < -0.3 is 25.4 Å². The number of nitrogens with one attached hydrogen (secondary N) is 3. The molecule has 0 saturated carbocycles. The summed E-state index contributed by atoms with van der Waals surface area (Å²) in [6.45, 7) is 3.41. The molecular formula is C20H25N5O3. The number of aromatic nitrogens is 1. The molecule has 1 aromatic carbocycles. The summed E-state index contributed by atoms with van der Waals surface area (Å²) >= 11 is 0. The van der Waals surface area contributed by atoms with Crippen molar-refractivity contribution in [2.45, 2.75) is 19.8 Å². The summed E-state index contributed by atoms with van der Waals surface area (Å²) in [5, 5.41) is 9.15. The third-order valence-electron chi connectivity index (χ3n) is 4.19. The minimum Gasteiger partial charge on any atom is -0.454 e. The Hall–Kier alpha value is -3.29. The minimum absolute atomic E-state index is 0.0975. The lowest BCUT2D eigenvalue weighted by Crippen LogP contribution is -2.39. The van der Waals surface area contributed by atoms with Crippen molar-refractivity contribution in [3.63, 3.8) is 0 Å². The average Bonchev–Trinajstić information content (AvgIpc) is 3.16. The summed E-state index contributed by atoms with van der Waals surface area (Å²) in [5.74, 6) is 2.69. The smallest absolute Gasteiger partial charge is 0.231 e. The number of fused-ring (bicyclic) bond motifs is 1. The van der Waals surface area contributed by atoms with Gasteiger partial charge in [-0.15, -0.1) is 0 Å². The second-order valence-electron chi connectivity index (χ2n) is 6.38. The average molecular weight is 383 g/mol. The maximum atomic E-state index is 12.0. The van der Waals surface area contributed by atoms with E-state index in [4.69, 9.17) is 9.47 Å². The number of aryl methyl sites for hydroxylation is 1. The number of guanidine groups is 1. The lowest BCUT2D eigenvalue weighted by Gasteiger charge is -2.12. The van der Waals surface area contributed by atoms with Crippen LogP contribution in [0.4, 0.5) is 5.82 Å². The third-order valence-corrected chi connectivity index (χ3v) is 4.19. The molecule has 0 atom stereocenters. The number of amides is 1. The van der Waals surface area contributed by atoms with E-state index >= 15 is 0 Å². The molecule has 0 radical (unpaired) electrons. The van der Waals surface area contributed by atoms with Gasteiger partial charge in [0.05, 0.1) is 0 Å². The van der Waals surface area contributed by atoms with E-state index in [2.05, 4.69) is 25.9 Å². The molecular weight excluding hydrogens is 358 g/mol. The first-order valence-electron chi connectivity index (χ1n) is 9.19. The first-order valence-corrected chi connectivity index (χ1v) is 9.19. The van der Waals surface area contributed by atoms with Crippen LogP contribution >= 0.6 is 0 Å². The number of anilines is 1. The monoisotopic (exact) mass is 383 g/mol. The number of carbonyl (C=O) groups excluding carboxylic acids is 1. The van der Waals surface area contributed by atoms with Crippen molar-refractivity contribution in [1.82, 2.24) is 15.6 Å². The van der Waals surface area contributed by atoms with Crippen molar-refractivity contribution in [2.75, 3.05) is 32.2 Å².